The first kappa shape index (κ1) is 15.6. The molecular weight excluding hydrogens is 355 g/mol. The topological polar surface area (TPSA) is 82.1 Å². The van der Waals surface area contributed by atoms with Gasteiger partial charge in [0.05, 0.1) is 3.92 Å². The number of aliphatic hydroxyl groups is 1. The lowest BCUT2D eigenvalue weighted by Gasteiger charge is -2.40. The maximum atomic E-state index is 11.1. The van der Waals surface area contributed by atoms with Crippen molar-refractivity contribution in [1.82, 2.24) is 0 Å². The molecule has 1 aliphatic heterocycles. The molecule has 0 aromatic rings. The number of hydrogen-bond donors (Lipinski definition) is 1. The Bertz CT molecular complexity index is 321. The minimum absolute atomic E-state index is 0.0451. The number of carbonyl (C=O) groups is 2. The van der Waals surface area contributed by atoms with Gasteiger partial charge in [0.25, 0.3) is 0 Å². The number of carbonyl (C=O) groups excluding carboxylic acids is 2. The van der Waals surface area contributed by atoms with Gasteiger partial charge in [-0.05, 0) is 0 Å². The van der Waals surface area contributed by atoms with Crippen molar-refractivity contribution in [2.24, 2.45) is 5.92 Å². The van der Waals surface area contributed by atoms with Crippen molar-refractivity contribution >= 4 is 34.5 Å². The third-order valence-electron chi connectivity index (χ3n) is 2.70. The van der Waals surface area contributed by atoms with E-state index in [1.807, 2.05) is 0 Å². The fraction of sp³-hybridized carbons (Fsp3) is 0.818. The molecule has 0 aromatic carbocycles. The lowest BCUT2D eigenvalue weighted by atomic mass is 9.96. The van der Waals surface area contributed by atoms with Crippen LogP contribution in [0.3, 0.4) is 0 Å². The molecule has 3 unspecified atom stereocenters. The zero-order valence-corrected chi connectivity index (χ0v) is 12.6. The van der Waals surface area contributed by atoms with Gasteiger partial charge in [-0.1, -0.05) is 29.5 Å². The van der Waals surface area contributed by atoms with Gasteiger partial charge in [0, 0.05) is 19.8 Å². The molecule has 1 aliphatic rings. The van der Waals surface area contributed by atoms with Crippen molar-refractivity contribution in [3.63, 3.8) is 0 Å². The molecule has 0 aromatic heterocycles. The maximum Gasteiger partial charge on any atom is 0.303 e. The Morgan fingerprint density at radius 3 is 2.44 bits per heavy atom. The predicted molar refractivity (Wildman–Crippen MR) is 70.0 cm³/mol. The van der Waals surface area contributed by atoms with E-state index in [1.54, 1.807) is 6.92 Å². The summed E-state index contributed by atoms with van der Waals surface area (Å²) < 4.78 is 15.3. The first-order valence-corrected chi connectivity index (χ1v) is 6.85. The van der Waals surface area contributed by atoms with Crippen molar-refractivity contribution in [3.8, 4) is 0 Å². The second-order valence-electron chi connectivity index (χ2n) is 4.25. The molecule has 0 spiro atoms. The predicted octanol–water partition coefficient (Wildman–Crippen LogP) is 0.638. The van der Waals surface area contributed by atoms with Gasteiger partial charge in [0.1, 0.15) is 18.8 Å². The van der Waals surface area contributed by atoms with Crippen LogP contribution in [0.1, 0.15) is 20.8 Å². The van der Waals surface area contributed by atoms with Crippen LogP contribution >= 0.6 is 22.6 Å². The number of esters is 2. The molecule has 18 heavy (non-hydrogen) atoms. The van der Waals surface area contributed by atoms with Crippen LogP contribution in [0.15, 0.2) is 0 Å². The number of hydrogen-bond acceptors (Lipinski definition) is 6. The molecule has 1 saturated heterocycles. The minimum atomic E-state index is -0.959. The average molecular weight is 372 g/mol. The summed E-state index contributed by atoms with van der Waals surface area (Å²) in [6.07, 6.45) is -2.15. The molecule has 0 radical (unpaired) electrons. The summed E-state index contributed by atoms with van der Waals surface area (Å²) in [5.41, 5.74) is 0. The Kier molecular flexibility index (Phi) is 5.80. The van der Waals surface area contributed by atoms with Gasteiger partial charge in [0.2, 0.25) is 0 Å². The molecule has 1 N–H and O–H groups in total. The molecule has 7 heteroatoms. The van der Waals surface area contributed by atoms with E-state index < -0.39 is 30.4 Å². The summed E-state index contributed by atoms with van der Waals surface area (Å²) in [5.74, 6) is -1.05. The van der Waals surface area contributed by atoms with Crippen LogP contribution in [-0.4, -0.2) is 46.1 Å². The summed E-state index contributed by atoms with van der Waals surface area (Å²) >= 11 is 2.11. The monoisotopic (exact) mass is 372 g/mol. The molecule has 6 nitrogen and oxygen atoms in total. The third-order valence-corrected chi connectivity index (χ3v) is 4.54. The van der Waals surface area contributed by atoms with Crippen molar-refractivity contribution in [1.29, 1.82) is 0 Å². The molecule has 5 atom stereocenters. The second-order valence-corrected chi connectivity index (χ2v) is 5.68. The average Bonchev–Trinajstić information content (AvgIpc) is 2.27. The van der Waals surface area contributed by atoms with E-state index in [0.29, 0.717) is 0 Å². The van der Waals surface area contributed by atoms with Crippen molar-refractivity contribution < 1.29 is 28.9 Å². The number of ether oxygens (including phenoxy) is 3. The summed E-state index contributed by atoms with van der Waals surface area (Å²) in [4.78, 5) is 21.9. The quantitative estimate of drug-likeness (QED) is 0.445. The fourth-order valence-corrected chi connectivity index (χ4v) is 2.67. The maximum absolute atomic E-state index is 11.1. The molecule has 1 fully saturated rings. The van der Waals surface area contributed by atoms with Crippen LogP contribution in [-0.2, 0) is 23.8 Å². The Morgan fingerprint density at radius 1 is 1.33 bits per heavy atom. The largest absolute Gasteiger partial charge is 0.463 e. The van der Waals surface area contributed by atoms with Gasteiger partial charge in [-0.2, -0.15) is 0 Å². The number of alkyl halides is 1. The van der Waals surface area contributed by atoms with E-state index >= 15 is 0 Å². The standard InChI is InChI=1S/C11H17IO6/c1-5-9(12)10(17-7(3)14)8(18-11(5)15)4-16-6(2)13/h5,8-11,15H,4H2,1-3H3/t5?,8?,9?,10-,11+/m0/s1. The van der Waals surface area contributed by atoms with Gasteiger partial charge in [0.15, 0.2) is 6.29 Å². The lowest BCUT2D eigenvalue weighted by Crippen LogP contribution is -2.54. The normalized spacial score (nSPS) is 35.9. The first-order chi connectivity index (χ1) is 8.32. The zero-order chi connectivity index (χ0) is 13.9. The van der Waals surface area contributed by atoms with Crippen LogP contribution in [0.25, 0.3) is 0 Å². The highest BCUT2D eigenvalue weighted by Crippen LogP contribution is 2.32. The molecule has 104 valence electrons. The van der Waals surface area contributed by atoms with E-state index in [0.717, 1.165) is 0 Å². The summed E-state index contributed by atoms with van der Waals surface area (Å²) in [5, 5.41) is 9.73. The minimum Gasteiger partial charge on any atom is -0.463 e. The highest BCUT2D eigenvalue weighted by molar-refractivity contribution is 14.1. The first-order valence-electron chi connectivity index (χ1n) is 5.61. The van der Waals surface area contributed by atoms with Gasteiger partial charge in [-0.25, -0.2) is 0 Å². The number of aliphatic hydroxyl groups excluding tert-OH is 1. The van der Waals surface area contributed by atoms with E-state index in [1.165, 1.54) is 13.8 Å². The SMILES string of the molecule is CC(=O)OCC1O[C@@H](O)C(C)C(I)[C@H]1OC(C)=O. The van der Waals surface area contributed by atoms with Crippen molar-refractivity contribution in [3.05, 3.63) is 0 Å². The Labute approximate surface area is 119 Å². The summed E-state index contributed by atoms with van der Waals surface area (Å²) in [6.45, 7) is 4.35. The number of halogens is 1. The van der Waals surface area contributed by atoms with Crippen LogP contribution < -0.4 is 0 Å². The summed E-state index contributed by atoms with van der Waals surface area (Å²) in [6, 6.07) is 0. The highest BCUT2D eigenvalue weighted by atomic mass is 127. The Balaban J connectivity index is 2.75. The second kappa shape index (κ2) is 6.67. The summed E-state index contributed by atoms with van der Waals surface area (Å²) in [7, 11) is 0. The molecule has 1 heterocycles. The van der Waals surface area contributed by atoms with E-state index in [2.05, 4.69) is 22.6 Å². The van der Waals surface area contributed by atoms with Gasteiger partial charge in [-0.3, -0.25) is 9.59 Å². The molecular formula is C11H17IO6. The number of rotatable bonds is 3. The highest BCUT2D eigenvalue weighted by Gasteiger charge is 2.44. The Morgan fingerprint density at radius 2 is 1.94 bits per heavy atom. The van der Waals surface area contributed by atoms with E-state index in [-0.39, 0.29) is 16.4 Å². The van der Waals surface area contributed by atoms with Crippen LogP contribution in [0, 0.1) is 5.92 Å². The molecule has 0 amide bonds. The van der Waals surface area contributed by atoms with Crippen LogP contribution in [0.4, 0.5) is 0 Å². The zero-order valence-electron chi connectivity index (χ0n) is 10.5. The molecule has 0 saturated carbocycles. The molecule has 1 rings (SSSR count). The van der Waals surface area contributed by atoms with Gasteiger partial charge >= 0.3 is 11.9 Å². The Hall–Kier alpha value is -0.410. The van der Waals surface area contributed by atoms with Crippen LogP contribution in [0.2, 0.25) is 0 Å². The lowest BCUT2D eigenvalue weighted by molar-refractivity contribution is -0.235. The fourth-order valence-electron chi connectivity index (χ4n) is 1.71. The van der Waals surface area contributed by atoms with Gasteiger partial charge in [-0.15, -0.1) is 0 Å². The van der Waals surface area contributed by atoms with E-state index in [9.17, 15) is 14.7 Å². The van der Waals surface area contributed by atoms with Gasteiger partial charge < -0.3 is 19.3 Å². The smallest absolute Gasteiger partial charge is 0.303 e. The molecule has 0 bridgehead atoms. The van der Waals surface area contributed by atoms with Crippen molar-refractivity contribution in [2.45, 2.75) is 43.2 Å². The van der Waals surface area contributed by atoms with E-state index in [4.69, 9.17) is 14.2 Å². The molecule has 0 aliphatic carbocycles. The van der Waals surface area contributed by atoms with Crippen LogP contribution in [0.5, 0.6) is 0 Å². The third kappa shape index (κ3) is 4.06. The van der Waals surface area contributed by atoms with Crippen molar-refractivity contribution in [2.75, 3.05) is 6.61 Å².